The van der Waals surface area contributed by atoms with Crippen LogP contribution in [0, 0.1) is 0 Å². The molecule has 0 aliphatic carbocycles. The van der Waals surface area contributed by atoms with Crippen LogP contribution in [0.25, 0.3) is 0 Å². The second-order valence-electron chi connectivity index (χ2n) is 3.61. The fourth-order valence-corrected chi connectivity index (χ4v) is 2.38. The van der Waals surface area contributed by atoms with E-state index in [0.717, 1.165) is 12.4 Å². The number of nitrogens with zero attached hydrogens (tertiary/aromatic N) is 5. The van der Waals surface area contributed by atoms with E-state index in [1.165, 1.54) is 0 Å². The molecule has 2 rings (SSSR count). The molecular formula is C9H11ClN6O2S. The summed E-state index contributed by atoms with van der Waals surface area (Å²) in [4.78, 5) is 7.24. The van der Waals surface area contributed by atoms with Crippen LogP contribution in [0.2, 0.25) is 5.28 Å². The zero-order valence-corrected chi connectivity index (χ0v) is 11.3. The van der Waals surface area contributed by atoms with Crippen LogP contribution in [-0.4, -0.2) is 39.9 Å². The number of hydrogen-bond donors (Lipinski definition) is 1. The van der Waals surface area contributed by atoms with E-state index in [0.29, 0.717) is 13.0 Å². The Hall–Kier alpha value is -1.58. The van der Waals surface area contributed by atoms with Crippen molar-refractivity contribution in [2.45, 2.75) is 17.9 Å². The Morgan fingerprint density at radius 1 is 1.32 bits per heavy atom. The summed E-state index contributed by atoms with van der Waals surface area (Å²) in [5.41, 5.74) is 0. The van der Waals surface area contributed by atoms with Gasteiger partial charge in [-0.2, -0.15) is 0 Å². The normalized spacial score (nSPS) is 11.6. The van der Waals surface area contributed by atoms with Gasteiger partial charge >= 0.3 is 0 Å². The van der Waals surface area contributed by atoms with Crippen molar-refractivity contribution in [2.24, 2.45) is 0 Å². The Bertz CT molecular complexity index is 613. The molecule has 2 aromatic heterocycles. The average molecular weight is 303 g/mol. The molecule has 1 N–H and O–H groups in total. The maximum atomic E-state index is 11.8. The molecule has 102 valence electrons. The van der Waals surface area contributed by atoms with Gasteiger partial charge in [0.2, 0.25) is 15.3 Å². The van der Waals surface area contributed by atoms with Gasteiger partial charge < -0.3 is 0 Å². The topological polar surface area (TPSA) is 103 Å². The minimum absolute atomic E-state index is 0.00475. The highest BCUT2D eigenvalue weighted by Crippen LogP contribution is 2.07. The Morgan fingerprint density at radius 2 is 2.05 bits per heavy atom. The van der Waals surface area contributed by atoms with E-state index in [1.54, 1.807) is 17.1 Å². The molecule has 0 unspecified atom stereocenters. The summed E-state index contributed by atoms with van der Waals surface area (Å²) < 4.78 is 27.7. The van der Waals surface area contributed by atoms with Gasteiger partial charge in [0, 0.05) is 19.3 Å². The maximum Gasteiger partial charge on any atom is 0.243 e. The first-order valence-electron chi connectivity index (χ1n) is 5.39. The van der Waals surface area contributed by atoms with Crippen molar-refractivity contribution in [1.29, 1.82) is 0 Å². The van der Waals surface area contributed by atoms with Crippen molar-refractivity contribution < 1.29 is 8.42 Å². The lowest BCUT2D eigenvalue weighted by atomic mass is 10.4. The molecule has 0 aliphatic rings. The van der Waals surface area contributed by atoms with E-state index >= 15 is 0 Å². The van der Waals surface area contributed by atoms with E-state index < -0.39 is 10.0 Å². The molecule has 0 fully saturated rings. The fraction of sp³-hybridized carbons (Fsp3) is 0.333. The molecule has 2 heterocycles. The molecule has 0 saturated heterocycles. The Balaban J connectivity index is 1.86. The first kappa shape index (κ1) is 13.8. The number of halogens is 1. The Morgan fingerprint density at radius 3 is 2.68 bits per heavy atom. The zero-order chi connectivity index (χ0) is 13.7. The predicted molar refractivity (Wildman–Crippen MR) is 66.9 cm³/mol. The number of rotatable bonds is 6. The predicted octanol–water partition coefficient (Wildman–Crippen LogP) is 0.0901. The lowest BCUT2D eigenvalue weighted by molar-refractivity contribution is 0.542. The molecule has 10 heteroatoms. The molecule has 0 bridgehead atoms. The summed E-state index contributed by atoms with van der Waals surface area (Å²) in [7, 11) is -3.60. The van der Waals surface area contributed by atoms with Crippen molar-refractivity contribution in [3.63, 3.8) is 0 Å². The Labute approximate surface area is 114 Å². The second-order valence-corrected chi connectivity index (χ2v) is 5.71. The molecule has 0 radical (unpaired) electrons. The van der Waals surface area contributed by atoms with E-state index in [4.69, 9.17) is 11.6 Å². The number of aromatic nitrogens is 5. The minimum atomic E-state index is -3.60. The standard InChI is InChI=1S/C9H11ClN6O2S/c10-9-11-6-8(7-12-9)19(17,18)14-2-1-4-16-5-3-13-15-16/h3,5-7,14H,1-2,4H2. The van der Waals surface area contributed by atoms with Gasteiger partial charge in [-0.3, -0.25) is 4.68 Å². The van der Waals surface area contributed by atoms with E-state index in [1.807, 2.05) is 0 Å². The van der Waals surface area contributed by atoms with Crippen molar-refractivity contribution in [3.05, 3.63) is 30.1 Å². The van der Waals surface area contributed by atoms with Gasteiger partial charge in [0.05, 0.1) is 18.6 Å². The number of aryl methyl sites for hydroxylation is 1. The van der Waals surface area contributed by atoms with Gasteiger partial charge in [0.1, 0.15) is 4.90 Å². The van der Waals surface area contributed by atoms with Gasteiger partial charge in [-0.15, -0.1) is 5.10 Å². The largest absolute Gasteiger partial charge is 0.253 e. The molecule has 2 aromatic rings. The van der Waals surface area contributed by atoms with Crippen LogP contribution >= 0.6 is 11.6 Å². The van der Waals surface area contributed by atoms with Crippen molar-refractivity contribution >= 4 is 21.6 Å². The summed E-state index contributed by atoms with van der Waals surface area (Å²) in [6.07, 6.45) is 6.19. The summed E-state index contributed by atoms with van der Waals surface area (Å²) in [6.45, 7) is 0.866. The minimum Gasteiger partial charge on any atom is -0.253 e. The van der Waals surface area contributed by atoms with E-state index in [2.05, 4.69) is 25.0 Å². The third-order valence-corrected chi connectivity index (χ3v) is 3.85. The van der Waals surface area contributed by atoms with Crippen molar-refractivity contribution in [3.8, 4) is 0 Å². The fourth-order valence-electron chi connectivity index (χ4n) is 1.32. The molecular weight excluding hydrogens is 292 g/mol. The van der Waals surface area contributed by atoms with Gasteiger partial charge in [0.15, 0.2) is 0 Å². The van der Waals surface area contributed by atoms with Gasteiger partial charge in [-0.1, -0.05) is 5.21 Å². The quantitative estimate of drug-likeness (QED) is 0.599. The highest BCUT2D eigenvalue weighted by molar-refractivity contribution is 7.89. The lowest BCUT2D eigenvalue weighted by Gasteiger charge is -2.05. The first-order chi connectivity index (χ1) is 9.08. The summed E-state index contributed by atoms with van der Waals surface area (Å²) in [5.74, 6) is 0. The van der Waals surface area contributed by atoms with Crippen molar-refractivity contribution in [2.75, 3.05) is 6.54 Å². The van der Waals surface area contributed by atoms with Crippen LogP contribution in [0.1, 0.15) is 6.42 Å². The van der Waals surface area contributed by atoms with Gasteiger partial charge in [-0.05, 0) is 18.0 Å². The van der Waals surface area contributed by atoms with E-state index in [-0.39, 0.29) is 16.7 Å². The number of sulfonamides is 1. The smallest absolute Gasteiger partial charge is 0.243 e. The Kier molecular flexibility index (Phi) is 4.40. The summed E-state index contributed by atoms with van der Waals surface area (Å²) in [6, 6.07) is 0. The molecule has 0 aromatic carbocycles. The van der Waals surface area contributed by atoms with Crippen LogP contribution in [0.5, 0.6) is 0 Å². The first-order valence-corrected chi connectivity index (χ1v) is 7.25. The monoisotopic (exact) mass is 302 g/mol. The highest BCUT2D eigenvalue weighted by Gasteiger charge is 2.14. The molecule has 8 nitrogen and oxygen atoms in total. The molecule has 0 aliphatic heterocycles. The van der Waals surface area contributed by atoms with Crippen LogP contribution in [0.15, 0.2) is 29.7 Å². The third-order valence-electron chi connectivity index (χ3n) is 2.23. The highest BCUT2D eigenvalue weighted by atomic mass is 35.5. The maximum absolute atomic E-state index is 11.8. The molecule has 0 spiro atoms. The molecule has 0 atom stereocenters. The van der Waals surface area contributed by atoms with Gasteiger partial charge in [0.25, 0.3) is 0 Å². The van der Waals surface area contributed by atoms with E-state index in [9.17, 15) is 8.42 Å². The molecule has 0 amide bonds. The van der Waals surface area contributed by atoms with Gasteiger partial charge in [-0.25, -0.2) is 23.1 Å². The van der Waals surface area contributed by atoms with Crippen molar-refractivity contribution in [1.82, 2.24) is 29.7 Å². The van der Waals surface area contributed by atoms with Crippen LogP contribution < -0.4 is 4.72 Å². The zero-order valence-electron chi connectivity index (χ0n) is 9.77. The summed E-state index contributed by atoms with van der Waals surface area (Å²) >= 11 is 5.49. The second kappa shape index (κ2) is 6.04. The van der Waals surface area contributed by atoms with Crippen LogP contribution in [0.3, 0.4) is 0 Å². The third kappa shape index (κ3) is 3.94. The average Bonchev–Trinajstić information content (AvgIpc) is 2.88. The van der Waals surface area contributed by atoms with Crippen LogP contribution in [-0.2, 0) is 16.6 Å². The number of hydrogen-bond acceptors (Lipinski definition) is 6. The van der Waals surface area contributed by atoms with Crippen LogP contribution in [0.4, 0.5) is 0 Å². The SMILES string of the molecule is O=S(=O)(NCCCn1ccnn1)c1cnc(Cl)nc1. The summed E-state index contributed by atoms with van der Waals surface area (Å²) in [5, 5.41) is 7.43. The number of nitrogens with one attached hydrogen (secondary N) is 1. The molecule has 19 heavy (non-hydrogen) atoms. The lowest BCUT2D eigenvalue weighted by Crippen LogP contribution is -2.26. The molecule has 0 saturated carbocycles.